The molecule has 0 bridgehead atoms. The summed E-state index contributed by atoms with van der Waals surface area (Å²) in [6, 6.07) is 12.7. The number of rotatable bonds is 5. The predicted octanol–water partition coefficient (Wildman–Crippen LogP) is 3.18. The summed E-state index contributed by atoms with van der Waals surface area (Å²) in [5.41, 5.74) is 2.31. The molecule has 5 nitrogen and oxygen atoms in total. The molecule has 24 heavy (non-hydrogen) atoms. The van der Waals surface area contributed by atoms with Gasteiger partial charge >= 0.3 is 0 Å². The molecule has 1 saturated heterocycles. The normalized spacial score (nSPS) is 15.0. The van der Waals surface area contributed by atoms with Crippen molar-refractivity contribution in [1.29, 1.82) is 0 Å². The zero-order chi connectivity index (χ0) is 16.9. The van der Waals surface area contributed by atoms with Gasteiger partial charge in [0.25, 0.3) is 0 Å². The van der Waals surface area contributed by atoms with Crippen molar-refractivity contribution in [2.75, 3.05) is 47.8 Å². The Labute approximate surface area is 144 Å². The largest absolute Gasteiger partial charge is 0.368 e. The number of benzene rings is 1. The fourth-order valence-electron chi connectivity index (χ4n) is 2.92. The van der Waals surface area contributed by atoms with E-state index in [9.17, 15) is 0 Å². The van der Waals surface area contributed by atoms with Crippen LogP contribution in [0.25, 0.3) is 0 Å². The van der Waals surface area contributed by atoms with E-state index in [-0.39, 0.29) is 0 Å². The number of aryl methyl sites for hydroxylation is 1. The molecule has 1 aliphatic rings. The topological polar surface area (TPSA) is 44.3 Å². The zero-order valence-corrected chi connectivity index (χ0v) is 14.9. The molecule has 5 heteroatoms. The molecule has 2 aromatic rings. The van der Waals surface area contributed by atoms with E-state index in [0.29, 0.717) is 5.92 Å². The quantitative estimate of drug-likeness (QED) is 0.915. The summed E-state index contributed by atoms with van der Waals surface area (Å²) in [6.07, 6.45) is 0. The second-order valence-corrected chi connectivity index (χ2v) is 6.78. The molecule has 1 fully saturated rings. The lowest BCUT2D eigenvalue weighted by Gasteiger charge is -2.36. The van der Waals surface area contributed by atoms with Gasteiger partial charge in [-0.1, -0.05) is 32.0 Å². The van der Waals surface area contributed by atoms with Crippen molar-refractivity contribution in [3.63, 3.8) is 0 Å². The highest BCUT2D eigenvalue weighted by atomic mass is 15.3. The van der Waals surface area contributed by atoms with Crippen LogP contribution >= 0.6 is 0 Å². The number of hydrogen-bond acceptors (Lipinski definition) is 5. The first kappa shape index (κ1) is 16.6. The molecule has 1 N–H and O–H groups in total. The van der Waals surface area contributed by atoms with E-state index in [4.69, 9.17) is 4.98 Å². The summed E-state index contributed by atoms with van der Waals surface area (Å²) in [5.74, 6) is 2.35. The maximum atomic E-state index is 4.71. The Morgan fingerprint density at radius 2 is 1.67 bits per heavy atom. The standard InChI is InChI=1S/C19H27N5/c1-15(2)14-20-19-21-16(3)13-18(22-19)24-11-9-23(10-12-24)17-7-5-4-6-8-17/h4-8,13,15H,9-12,14H2,1-3H3,(H,20,21,22). The first-order valence-corrected chi connectivity index (χ1v) is 8.76. The molecule has 0 radical (unpaired) electrons. The van der Waals surface area contributed by atoms with Crippen LogP contribution in [0.5, 0.6) is 0 Å². The third-order valence-electron chi connectivity index (χ3n) is 4.23. The molecular formula is C19H27N5. The molecule has 1 aliphatic heterocycles. The van der Waals surface area contributed by atoms with Crippen molar-refractivity contribution < 1.29 is 0 Å². The van der Waals surface area contributed by atoms with Crippen molar-refractivity contribution in [3.05, 3.63) is 42.1 Å². The molecule has 0 unspecified atom stereocenters. The highest BCUT2D eigenvalue weighted by Crippen LogP contribution is 2.20. The second kappa shape index (κ2) is 7.51. The molecule has 0 atom stereocenters. The van der Waals surface area contributed by atoms with Crippen molar-refractivity contribution in [2.45, 2.75) is 20.8 Å². The van der Waals surface area contributed by atoms with Gasteiger partial charge in [-0.3, -0.25) is 0 Å². The molecular weight excluding hydrogens is 298 g/mol. The Hall–Kier alpha value is -2.30. The van der Waals surface area contributed by atoms with Crippen LogP contribution in [-0.4, -0.2) is 42.7 Å². The van der Waals surface area contributed by atoms with E-state index in [1.165, 1.54) is 5.69 Å². The first-order chi connectivity index (χ1) is 11.6. The van der Waals surface area contributed by atoms with E-state index in [1.807, 2.05) is 6.92 Å². The van der Waals surface area contributed by atoms with E-state index in [1.54, 1.807) is 0 Å². The van der Waals surface area contributed by atoms with Gasteiger partial charge in [0.15, 0.2) is 0 Å². The summed E-state index contributed by atoms with van der Waals surface area (Å²) in [5, 5.41) is 3.34. The number of anilines is 3. The van der Waals surface area contributed by atoms with Crippen molar-refractivity contribution in [1.82, 2.24) is 9.97 Å². The molecule has 1 aromatic carbocycles. The minimum Gasteiger partial charge on any atom is -0.368 e. The van der Waals surface area contributed by atoms with Gasteiger partial charge in [-0.25, -0.2) is 4.98 Å². The van der Waals surface area contributed by atoms with Crippen LogP contribution in [-0.2, 0) is 0 Å². The van der Waals surface area contributed by atoms with Gasteiger partial charge in [0, 0.05) is 50.2 Å². The summed E-state index contributed by atoms with van der Waals surface area (Å²) < 4.78 is 0. The van der Waals surface area contributed by atoms with Crippen LogP contribution in [0.15, 0.2) is 36.4 Å². The SMILES string of the molecule is Cc1cc(N2CCN(c3ccccc3)CC2)nc(NCC(C)C)n1. The summed E-state index contributed by atoms with van der Waals surface area (Å²) in [7, 11) is 0. The average molecular weight is 325 g/mol. The van der Waals surface area contributed by atoms with Gasteiger partial charge in [0.05, 0.1) is 0 Å². The lowest BCUT2D eigenvalue weighted by Crippen LogP contribution is -2.46. The first-order valence-electron chi connectivity index (χ1n) is 8.76. The number of nitrogens with zero attached hydrogens (tertiary/aromatic N) is 4. The van der Waals surface area contributed by atoms with Crippen molar-refractivity contribution in [3.8, 4) is 0 Å². The summed E-state index contributed by atoms with van der Waals surface area (Å²) in [4.78, 5) is 14.0. The Balaban J connectivity index is 1.65. The van der Waals surface area contributed by atoms with E-state index < -0.39 is 0 Å². The van der Waals surface area contributed by atoms with Crippen molar-refractivity contribution >= 4 is 17.5 Å². The monoisotopic (exact) mass is 325 g/mol. The number of hydrogen-bond donors (Lipinski definition) is 1. The highest BCUT2D eigenvalue weighted by molar-refractivity contribution is 5.50. The molecule has 3 rings (SSSR count). The smallest absolute Gasteiger partial charge is 0.224 e. The van der Waals surface area contributed by atoms with Crippen LogP contribution in [0.2, 0.25) is 0 Å². The van der Waals surface area contributed by atoms with E-state index >= 15 is 0 Å². The molecule has 0 amide bonds. The molecule has 0 spiro atoms. The molecule has 0 saturated carbocycles. The lowest BCUT2D eigenvalue weighted by atomic mass is 10.2. The van der Waals surface area contributed by atoms with Gasteiger partial charge in [0.1, 0.15) is 5.82 Å². The second-order valence-electron chi connectivity index (χ2n) is 6.78. The maximum absolute atomic E-state index is 4.71. The van der Waals surface area contributed by atoms with E-state index in [0.717, 1.165) is 50.2 Å². The molecule has 2 heterocycles. The van der Waals surface area contributed by atoms with Gasteiger partial charge in [-0.2, -0.15) is 4.98 Å². The molecule has 128 valence electrons. The van der Waals surface area contributed by atoms with Gasteiger partial charge in [0.2, 0.25) is 5.95 Å². The average Bonchev–Trinajstić information content (AvgIpc) is 2.60. The van der Waals surface area contributed by atoms with Crippen LogP contribution < -0.4 is 15.1 Å². The van der Waals surface area contributed by atoms with Crippen LogP contribution in [0.4, 0.5) is 17.5 Å². The Morgan fingerprint density at radius 1 is 1.00 bits per heavy atom. The third-order valence-corrected chi connectivity index (χ3v) is 4.23. The number of piperazine rings is 1. The summed E-state index contributed by atoms with van der Waals surface area (Å²) in [6.45, 7) is 11.3. The third kappa shape index (κ3) is 4.16. The molecule has 1 aromatic heterocycles. The van der Waals surface area contributed by atoms with Gasteiger partial charge < -0.3 is 15.1 Å². The summed E-state index contributed by atoms with van der Waals surface area (Å²) >= 11 is 0. The fraction of sp³-hybridized carbons (Fsp3) is 0.474. The van der Waals surface area contributed by atoms with Crippen molar-refractivity contribution in [2.24, 2.45) is 5.92 Å². The van der Waals surface area contributed by atoms with Crippen LogP contribution in [0.1, 0.15) is 19.5 Å². The minimum absolute atomic E-state index is 0.576. The Morgan fingerprint density at radius 3 is 2.33 bits per heavy atom. The Kier molecular flexibility index (Phi) is 5.18. The minimum atomic E-state index is 0.576. The van der Waals surface area contributed by atoms with Gasteiger partial charge in [-0.05, 0) is 25.0 Å². The van der Waals surface area contributed by atoms with Crippen LogP contribution in [0, 0.1) is 12.8 Å². The number of nitrogens with one attached hydrogen (secondary N) is 1. The lowest BCUT2D eigenvalue weighted by molar-refractivity contribution is 0.645. The number of para-hydroxylation sites is 1. The molecule has 0 aliphatic carbocycles. The van der Waals surface area contributed by atoms with Crippen LogP contribution in [0.3, 0.4) is 0 Å². The number of aromatic nitrogens is 2. The fourth-order valence-corrected chi connectivity index (χ4v) is 2.92. The highest BCUT2D eigenvalue weighted by Gasteiger charge is 2.19. The Bertz CT molecular complexity index is 648. The van der Waals surface area contributed by atoms with E-state index in [2.05, 4.69) is 70.3 Å². The zero-order valence-electron chi connectivity index (χ0n) is 14.9. The van der Waals surface area contributed by atoms with Gasteiger partial charge in [-0.15, -0.1) is 0 Å². The maximum Gasteiger partial charge on any atom is 0.224 e. The predicted molar refractivity (Wildman–Crippen MR) is 101 cm³/mol.